The summed E-state index contributed by atoms with van der Waals surface area (Å²) in [5, 5.41) is 3.43. The van der Waals surface area contributed by atoms with Crippen LogP contribution < -0.4 is 15.1 Å². The summed E-state index contributed by atoms with van der Waals surface area (Å²) in [6, 6.07) is 15.5. The molecule has 0 aliphatic carbocycles. The molecule has 2 fully saturated rings. The van der Waals surface area contributed by atoms with E-state index in [4.69, 9.17) is 9.73 Å². The van der Waals surface area contributed by atoms with E-state index in [9.17, 15) is 4.39 Å². The number of rotatable bonds is 5. The fourth-order valence-electron chi connectivity index (χ4n) is 4.05. The maximum atomic E-state index is 13.2. The molecule has 0 amide bonds. The van der Waals surface area contributed by atoms with Crippen molar-refractivity contribution in [2.75, 3.05) is 68.8 Å². The number of guanidine groups is 1. The fourth-order valence-corrected chi connectivity index (χ4v) is 4.05. The Morgan fingerprint density at radius 2 is 1.45 bits per heavy atom. The normalized spacial score (nSPS) is 17.7. The average molecular weight is 426 g/mol. The first-order valence-corrected chi connectivity index (χ1v) is 11.2. The van der Waals surface area contributed by atoms with Gasteiger partial charge in [-0.25, -0.2) is 9.38 Å². The number of benzene rings is 2. The van der Waals surface area contributed by atoms with Crippen LogP contribution in [0.15, 0.2) is 53.5 Å². The van der Waals surface area contributed by atoms with Crippen molar-refractivity contribution >= 4 is 17.3 Å². The van der Waals surface area contributed by atoms with Gasteiger partial charge in [0.2, 0.25) is 0 Å². The Balaban J connectivity index is 1.34. The first kappa shape index (κ1) is 21.4. The second-order valence-electron chi connectivity index (χ2n) is 7.89. The van der Waals surface area contributed by atoms with Crippen LogP contribution in [-0.2, 0) is 11.3 Å². The van der Waals surface area contributed by atoms with Gasteiger partial charge in [-0.05, 0) is 48.9 Å². The molecule has 0 aromatic heterocycles. The van der Waals surface area contributed by atoms with Crippen LogP contribution in [0.5, 0.6) is 0 Å². The van der Waals surface area contributed by atoms with Crippen LogP contribution in [0.3, 0.4) is 0 Å². The molecule has 4 rings (SSSR count). The lowest BCUT2D eigenvalue weighted by atomic mass is 10.2. The number of ether oxygens (including phenoxy) is 1. The number of anilines is 2. The van der Waals surface area contributed by atoms with Crippen molar-refractivity contribution in [1.82, 2.24) is 10.2 Å². The lowest BCUT2D eigenvalue weighted by Crippen LogP contribution is -2.52. The van der Waals surface area contributed by atoms with Crippen molar-refractivity contribution in [2.24, 2.45) is 4.99 Å². The zero-order valence-electron chi connectivity index (χ0n) is 18.3. The number of morpholine rings is 1. The van der Waals surface area contributed by atoms with Crippen LogP contribution >= 0.6 is 0 Å². The van der Waals surface area contributed by atoms with E-state index in [0.717, 1.165) is 70.7 Å². The predicted octanol–water partition coefficient (Wildman–Crippen LogP) is 2.95. The second-order valence-corrected chi connectivity index (χ2v) is 7.89. The van der Waals surface area contributed by atoms with Crippen molar-refractivity contribution in [3.63, 3.8) is 0 Å². The summed E-state index contributed by atoms with van der Waals surface area (Å²) in [4.78, 5) is 11.9. The molecule has 2 saturated heterocycles. The number of hydrogen-bond acceptors (Lipinski definition) is 4. The van der Waals surface area contributed by atoms with E-state index in [1.54, 1.807) is 0 Å². The summed E-state index contributed by atoms with van der Waals surface area (Å²) in [5.41, 5.74) is 3.53. The molecule has 0 saturated carbocycles. The molecule has 0 radical (unpaired) electrons. The van der Waals surface area contributed by atoms with Gasteiger partial charge in [0.15, 0.2) is 5.96 Å². The molecule has 166 valence electrons. The van der Waals surface area contributed by atoms with E-state index in [2.05, 4.69) is 51.2 Å². The summed E-state index contributed by atoms with van der Waals surface area (Å²) in [7, 11) is 0. The topological polar surface area (TPSA) is 43.3 Å². The smallest absolute Gasteiger partial charge is 0.194 e. The average Bonchev–Trinajstić information content (AvgIpc) is 2.83. The highest BCUT2D eigenvalue weighted by Gasteiger charge is 2.20. The van der Waals surface area contributed by atoms with E-state index in [-0.39, 0.29) is 5.82 Å². The molecule has 7 heteroatoms. The van der Waals surface area contributed by atoms with Gasteiger partial charge in [0.05, 0.1) is 19.8 Å². The van der Waals surface area contributed by atoms with Gasteiger partial charge in [0.1, 0.15) is 5.82 Å². The Hall–Kier alpha value is -2.80. The molecule has 2 aliphatic rings. The Morgan fingerprint density at radius 1 is 0.871 bits per heavy atom. The number of piperazine rings is 1. The highest BCUT2D eigenvalue weighted by molar-refractivity contribution is 5.80. The van der Waals surface area contributed by atoms with Crippen LogP contribution in [0.2, 0.25) is 0 Å². The maximum Gasteiger partial charge on any atom is 0.194 e. The van der Waals surface area contributed by atoms with Crippen LogP contribution in [-0.4, -0.2) is 69.9 Å². The third-order valence-corrected chi connectivity index (χ3v) is 5.83. The van der Waals surface area contributed by atoms with Gasteiger partial charge in [-0.1, -0.05) is 12.1 Å². The molecule has 2 aromatic carbocycles. The van der Waals surface area contributed by atoms with Gasteiger partial charge in [-0.2, -0.15) is 0 Å². The minimum Gasteiger partial charge on any atom is -0.378 e. The molecule has 2 aliphatic heterocycles. The van der Waals surface area contributed by atoms with E-state index < -0.39 is 0 Å². The Bertz CT molecular complexity index is 841. The van der Waals surface area contributed by atoms with Gasteiger partial charge in [0.25, 0.3) is 0 Å². The summed E-state index contributed by atoms with van der Waals surface area (Å²) < 4.78 is 18.6. The largest absolute Gasteiger partial charge is 0.378 e. The standard InChI is InChI=1S/C24H32FN5O/c1-2-26-24(30-13-11-28(12-14-30)23-9-5-21(25)6-10-23)27-19-20-3-7-22(8-4-20)29-15-17-31-18-16-29/h3-10H,2,11-19H2,1H3,(H,26,27). The van der Waals surface area contributed by atoms with Gasteiger partial charge >= 0.3 is 0 Å². The first-order chi connectivity index (χ1) is 15.2. The predicted molar refractivity (Wildman–Crippen MR) is 124 cm³/mol. The van der Waals surface area contributed by atoms with Gasteiger partial charge in [-0.3, -0.25) is 0 Å². The molecule has 0 spiro atoms. The molecule has 6 nitrogen and oxygen atoms in total. The van der Waals surface area contributed by atoms with Crippen LogP contribution in [0, 0.1) is 5.82 Å². The number of nitrogens with zero attached hydrogens (tertiary/aromatic N) is 4. The molecule has 1 N–H and O–H groups in total. The molecule has 2 heterocycles. The second kappa shape index (κ2) is 10.5. The van der Waals surface area contributed by atoms with Gasteiger partial charge < -0.3 is 24.8 Å². The molecule has 0 bridgehead atoms. The monoisotopic (exact) mass is 425 g/mol. The number of halogens is 1. The lowest BCUT2D eigenvalue weighted by molar-refractivity contribution is 0.122. The minimum absolute atomic E-state index is 0.193. The zero-order valence-corrected chi connectivity index (χ0v) is 18.3. The van der Waals surface area contributed by atoms with Crippen molar-refractivity contribution in [3.8, 4) is 0 Å². The highest BCUT2D eigenvalue weighted by atomic mass is 19.1. The SMILES string of the molecule is CCNC(=NCc1ccc(N2CCOCC2)cc1)N1CCN(c2ccc(F)cc2)CC1. The third kappa shape index (κ3) is 5.67. The van der Waals surface area contributed by atoms with Crippen LogP contribution in [0.4, 0.5) is 15.8 Å². The van der Waals surface area contributed by atoms with Gasteiger partial charge in [-0.15, -0.1) is 0 Å². The highest BCUT2D eigenvalue weighted by Crippen LogP contribution is 2.18. The van der Waals surface area contributed by atoms with Crippen molar-refractivity contribution in [3.05, 3.63) is 59.9 Å². The zero-order chi connectivity index (χ0) is 21.5. The molecular weight excluding hydrogens is 393 g/mol. The Morgan fingerprint density at radius 3 is 2.06 bits per heavy atom. The Labute approximate surface area is 184 Å². The molecule has 0 atom stereocenters. The quantitative estimate of drug-likeness (QED) is 0.589. The number of nitrogens with one attached hydrogen (secondary N) is 1. The summed E-state index contributed by atoms with van der Waals surface area (Å²) in [6.07, 6.45) is 0. The summed E-state index contributed by atoms with van der Waals surface area (Å²) in [5.74, 6) is 0.764. The van der Waals surface area contributed by atoms with Gasteiger partial charge in [0, 0.05) is 57.2 Å². The molecular formula is C24H32FN5O. The number of aliphatic imine (C=N–C) groups is 1. The van der Waals surface area contributed by atoms with E-state index in [1.807, 2.05) is 12.1 Å². The lowest BCUT2D eigenvalue weighted by Gasteiger charge is -2.37. The summed E-state index contributed by atoms with van der Waals surface area (Å²) >= 11 is 0. The molecule has 2 aromatic rings. The van der Waals surface area contributed by atoms with Crippen molar-refractivity contribution in [1.29, 1.82) is 0 Å². The molecule has 31 heavy (non-hydrogen) atoms. The van der Waals surface area contributed by atoms with Crippen LogP contribution in [0.25, 0.3) is 0 Å². The fraction of sp³-hybridized carbons (Fsp3) is 0.458. The van der Waals surface area contributed by atoms with E-state index in [0.29, 0.717) is 6.54 Å². The first-order valence-electron chi connectivity index (χ1n) is 11.2. The van der Waals surface area contributed by atoms with E-state index >= 15 is 0 Å². The minimum atomic E-state index is -0.193. The summed E-state index contributed by atoms with van der Waals surface area (Å²) in [6.45, 7) is 10.7. The third-order valence-electron chi connectivity index (χ3n) is 5.83. The number of hydrogen-bond donors (Lipinski definition) is 1. The maximum absolute atomic E-state index is 13.2. The van der Waals surface area contributed by atoms with E-state index in [1.165, 1.54) is 23.4 Å². The molecule has 0 unspecified atom stereocenters. The van der Waals surface area contributed by atoms with Crippen molar-refractivity contribution < 1.29 is 9.13 Å². The van der Waals surface area contributed by atoms with Crippen molar-refractivity contribution in [2.45, 2.75) is 13.5 Å². The van der Waals surface area contributed by atoms with Crippen LogP contribution in [0.1, 0.15) is 12.5 Å². The Kier molecular flexibility index (Phi) is 7.25.